The molecule has 3 heteroatoms. The molecule has 0 aliphatic heterocycles. The molecule has 0 aliphatic carbocycles. The van der Waals surface area contributed by atoms with Gasteiger partial charge in [-0.25, -0.2) is 4.79 Å². The second-order valence-electron chi connectivity index (χ2n) is 0.736. The van der Waals surface area contributed by atoms with Crippen LogP contribution in [0.4, 0.5) is 0 Å². The van der Waals surface area contributed by atoms with Gasteiger partial charge in [-0.05, 0) is 11.5 Å². The van der Waals surface area contributed by atoms with Gasteiger partial charge in [0.2, 0.25) is 0 Å². The summed E-state index contributed by atoms with van der Waals surface area (Å²) in [6, 6.07) is 0. The highest BCUT2D eigenvalue weighted by molar-refractivity contribution is 8.03. The number of carbonyl (C=O) groups is 1. The molecule has 0 aromatic rings. The molecule has 0 saturated carbocycles. The van der Waals surface area contributed by atoms with E-state index in [0.717, 1.165) is 0 Å². The van der Waals surface area contributed by atoms with Crippen molar-refractivity contribution < 1.29 is 9.90 Å². The lowest BCUT2D eigenvalue weighted by atomic mass is 10.7. The summed E-state index contributed by atoms with van der Waals surface area (Å²) in [5.74, 6) is 0.850. The highest BCUT2D eigenvalue weighted by Gasteiger charge is 1.78. The van der Waals surface area contributed by atoms with Crippen LogP contribution in [0.3, 0.4) is 0 Å². The van der Waals surface area contributed by atoms with E-state index < -0.39 is 5.97 Å². The minimum Gasteiger partial charge on any atom is -0.472 e. The van der Waals surface area contributed by atoms with Gasteiger partial charge in [0.1, 0.15) is 0 Å². The molecule has 0 saturated heterocycles. The minimum absolute atomic E-state index is 1.07. The zero-order chi connectivity index (χ0) is 5.70. The topological polar surface area (TPSA) is 37.3 Å². The van der Waals surface area contributed by atoms with Crippen molar-refractivity contribution in [2.45, 2.75) is 0 Å². The maximum absolute atomic E-state index is 9.57. The van der Waals surface area contributed by atoms with Crippen LogP contribution in [0.25, 0.3) is 0 Å². The number of thioether (sulfide) groups is 1. The lowest BCUT2D eigenvalue weighted by Crippen LogP contribution is -1.84. The Labute approximate surface area is 45.9 Å². The van der Waals surface area contributed by atoms with Gasteiger partial charge in [0.15, 0.2) is 0 Å². The van der Waals surface area contributed by atoms with E-state index in [1.807, 2.05) is 5.92 Å². The Morgan fingerprint density at radius 2 is 2.43 bits per heavy atom. The fourth-order valence-corrected chi connectivity index (χ4v) is 0.284. The number of hydrogen-bond acceptors (Lipinski definition) is 2. The quantitative estimate of drug-likeness (QED) is 0.465. The summed E-state index contributed by atoms with van der Waals surface area (Å²) >= 11 is 1.19. The van der Waals surface area contributed by atoms with E-state index in [1.54, 1.807) is 6.26 Å². The predicted octanol–water partition coefficient (Wildman–Crippen LogP) is 0.395. The molecular weight excluding hydrogens is 112 g/mol. The van der Waals surface area contributed by atoms with Crippen molar-refractivity contribution in [3.05, 3.63) is 0 Å². The summed E-state index contributed by atoms with van der Waals surface area (Å²) in [6.07, 6.45) is 1.72. The van der Waals surface area contributed by atoms with Crippen molar-refractivity contribution in [1.82, 2.24) is 0 Å². The number of carboxylic acids is 1. The third-order valence-corrected chi connectivity index (χ3v) is 0.566. The van der Waals surface area contributed by atoms with Gasteiger partial charge in [0, 0.05) is 5.92 Å². The summed E-state index contributed by atoms with van der Waals surface area (Å²) in [5.41, 5.74) is 0. The molecule has 0 unspecified atom stereocenters. The second kappa shape index (κ2) is 3.57. The van der Waals surface area contributed by atoms with E-state index in [1.165, 1.54) is 11.8 Å². The molecule has 0 rings (SSSR count). The van der Waals surface area contributed by atoms with E-state index in [0.29, 0.717) is 0 Å². The lowest BCUT2D eigenvalue weighted by Gasteiger charge is -1.66. The maximum Gasteiger partial charge on any atom is 0.382 e. The van der Waals surface area contributed by atoms with Gasteiger partial charge >= 0.3 is 5.97 Å². The number of carboxylic acid groups (broad SMARTS) is 1. The maximum atomic E-state index is 9.57. The number of rotatable bonds is 0. The molecule has 38 valence electrons. The summed E-state index contributed by atoms with van der Waals surface area (Å²) in [7, 11) is 0. The van der Waals surface area contributed by atoms with Crippen LogP contribution < -0.4 is 0 Å². The first-order chi connectivity index (χ1) is 3.27. The molecule has 2 nitrogen and oxygen atoms in total. The molecule has 0 aromatic carbocycles. The molecule has 0 fully saturated rings. The van der Waals surface area contributed by atoms with Gasteiger partial charge in [-0.3, -0.25) is 0 Å². The van der Waals surface area contributed by atoms with Crippen LogP contribution in [-0.4, -0.2) is 17.3 Å². The first-order valence-electron chi connectivity index (χ1n) is 1.54. The van der Waals surface area contributed by atoms with E-state index in [2.05, 4.69) is 5.25 Å². The molecule has 0 bridgehead atoms. The summed E-state index contributed by atoms with van der Waals surface area (Å²) in [4.78, 5) is 9.57. The van der Waals surface area contributed by atoms with Crippen molar-refractivity contribution in [3.63, 3.8) is 0 Å². The molecule has 0 radical (unpaired) electrons. The lowest BCUT2D eigenvalue weighted by molar-refractivity contribution is -0.130. The Hall–Kier alpha value is -0.620. The normalized spacial score (nSPS) is 6.43. The Kier molecular flexibility index (Phi) is 3.25. The van der Waals surface area contributed by atoms with Gasteiger partial charge in [-0.1, -0.05) is 11.8 Å². The van der Waals surface area contributed by atoms with Gasteiger partial charge in [0.05, 0.1) is 0 Å². The molecular formula is C4H4O2S. The summed E-state index contributed by atoms with van der Waals surface area (Å²) < 4.78 is 0. The van der Waals surface area contributed by atoms with Gasteiger partial charge in [-0.15, -0.1) is 0 Å². The molecule has 0 amide bonds. The molecule has 0 aromatic heterocycles. The average molecular weight is 116 g/mol. The summed E-state index contributed by atoms with van der Waals surface area (Å²) in [5, 5.41) is 10.2. The monoisotopic (exact) mass is 116 g/mol. The van der Waals surface area contributed by atoms with E-state index in [9.17, 15) is 4.79 Å². The van der Waals surface area contributed by atoms with Crippen LogP contribution in [0.15, 0.2) is 0 Å². The summed E-state index contributed by atoms with van der Waals surface area (Å²) in [6.45, 7) is 0. The third kappa shape index (κ3) is 5.38. The Morgan fingerprint density at radius 3 is 2.57 bits per heavy atom. The van der Waals surface area contributed by atoms with Crippen LogP contribution in [-0.2, 0) is 4.79 Å². The third-order valence-electron chi connectivity index (χ3n) is 0.260. The highest BCUT2D eigenvalue weighted by Crippen LogP contribution is 1.81. The Bertz CT molecular complexity index is 119. The first-order valence-corrected chi connectivity index (χ1v) is 2.76. The van der Waals surface area contributed by atoms with Crippen molar-refractivity contribution >= 4 is 17.7 Å². The highest BCUT2D eigenvalue weighted by atomic mass is 32.2. The van der Waals surface area contributed by atoms with Crippen molar-refractivity contribution in [2.24, 2.45) is 0 Å². The fraction of sp³-hybridized carbons (Fsp3) is 0.250. The van der Waals surface area contributed by atoms with Gasteiger partial charge < -0.3 is 5.11 Å². The molecule has 0 heterocycles. The van der Waals surface area contributed by atoms with Crippen molar-refractivity contribution in [3.8, 4) is 11.2 Å². The number of aliphatic carboxylic acids is 1. The zero-order valence-corrected chi connectivity index (χ0v) is 4.58. The minimum atomic E-state index is -1.07. The first kappa shape index (κ1) is 6.38. The Balaban J connectivity index is 3.45. The average Bonchev–Trinajstić information content (AvgIpc) is 1.61. The Morgan fingerprint density at radius 1 is 1.86 bits per heavy atom. The van der Waals surface area contributed by atoms with Crippen molar-refractivity contribution in [1.29, 1.82) is 0 Å². The van der Waals surface area contributed by atoms with Crippen LogP contribution in [0.5, 0.6) is 0 Å². The second-order valence-corrected chi connectivity index (χ2v) is 1.35. The molecule has 7 heavy (non-hydrogen) atoms. The molecule has 0 atom stereocenters. The number of hydrogen-bond donors (Lipinski definition) is 1. The smallest absolute Gasteiger partial charge is 0.382 e. The van der Waals surface area contributed by atoms with E-state index >= 15 is 0 Å². The van der Waals surface area contributed by atoms with E-state index in [4.69, 9.17) is 5.11 Å². The molecule has 0 spiro atoms. The zero-order valence-electron chi connectivity index (χ0n) is 3.76. The van der Waals surface area contributed by atoms with Crippen LogP contribution in [0, 0.1) is 11.2 Å². The van der Waals surface area contributed by atoms with Crippen LogP contribution in [0.2, 0.25) is 0 Å². The van der Waals surface area contributed by atoms with Gasteiger partial charge in [-0.2, -0.15) is 0 Å². The van der Waals surface area contributed by atoms with Crippen LogP contribution >= 0.6 is 11.8 Å². The van der Waals surface area contributed by atoms with E-state index in [-0.39, 0.29) is 0 Å². The SMILES string of the molecule is CSC#CC(=O)O. The standard InChI is InChI=1S/C4H4O2S/c1-7-3-2-4(5)6/h1H3,(H,5,6). The van der Waals surface area contributed by atoms with Gasteiger partial charge in [0.25, 0.3) is 0 Å². The van der Waals surface area contributed by atoms with Crippen molar-refractivity contribution in [2.75, 3.05) is 6.26 Å². The predicted molar refractivity (Wildman–Crippen MR) is 28.9 cm³/mol. The largest absolute Gasteiger partial charge is 0.472 e. The fourth-order valence-electron chi connectivity index (χ4n) is 0.0947. The molecule has 1 N–H and O–H groups in total. The molecule has 0 aliphatic rings. The van der Waals surface area contributed by atoms with Crippen LogP contribution in [0.1, 0.15) is 0 Å².